The lowest BCUT2D eigenvalue weighted by Crippen LogP contribution is -2.15. The van der Waals surface area contributed by atoms with Crippen molar-refractivity contribution in [3.8, 4) is 0 Å². The molecule has 0 fully saturated rings. The molecule has 0 aliphatic rings. The Morgan fingerprint density at radius 3 is 2.05 bits per heavy atom. The maximum absolute atomic E-state index is 11.3. The van der Waals surface area contributed by atoms with E-state index in [1.165, 1.54) is 0 Å². The number of unbranched alkanes of at least 4 members (excludes halogenated alkanes) is 3. The molecule has 0 amide bonds. The fourth-order valence-electron chi connectivity index (χ4n) is 1.52. The molecule has 4 nitrogen and oxygen atoms in total. The molecule has 4 heteroatoms. The van der Waals surface area contributed by atoms with Crippen LogP contribution in [0.1, 0.15) is 52.9 Å². The van der Waals surface area contributed by atoms with Crippen LogP contribution in [0.3, 0.4) is 0 Å². The normalized spacial score (nSPS) is 11.6. The van der Waals surface area contributed by atoms with E-state index in [2.05, 4.69) is 13.2 Å². The van der Waals surface area contributed by atoms with Gasteiger partial charge in [0.25, 0.3) is 0 Å². The van der Waals surface area contributed by atoms with Crippen LogP contribution >= 0.6 is 0 Å². The van der Waals surface area contributed by atoms with E-state index in [0.29, 0.717) is 17.8 Å². The van der Waals surface area contributed by atoms with Gasteiger partial charge in [0, 0.05) is 11.1 Å². The van der Waals surface area contributed by atoms with Gasteiger partial charge in [-0.2, -0.15) is 0 Å². The minimum atomic E-state index is -0.329. The van der Waals surface area contributed by atoms with Crippen molar-refractivity contribution < 1.29 is 19.1 Å². The van der Waals surface area contributed by atoms with Crippen molar-refractivity contribution in [2.75, 3.05) is 6.61 Å². The van der Waals surface area contributed by atoms with E-state index in [1.807, 2.05) is 6.92 Å². The zero-order valence-electron chi connectivity index (χ0n) is 12.9. The second kappa shape index (κ2) is 10.2. The van der Waals surface area contributed by atoms with E-state index >= 15 is 0 Å². The molecule has 0 bridgehead atoms. The second-order valence-electron chi connectivity index (χ2n) is 5.12. The van der Waals surface area contributed by atoms with Crippen LogP contribution in [0.15, 0.2) is 24.3 Å². The van der Waals surface area contributed by atoms with Gasteiger partial charge in [-0.25, -0.2) is 9.59 Å². The minimum Gasteiger partial charge on any atom is -0.462 e. The molecule has 0 aromatic rings. The van der Waals surface area contributed by atoms with E-state index in [0.717, 1.165) is 32.1 Å². The SMILES string of the molecule is C=C(C)C(=O)OCCCCCCC(C)OC(=O)C(=C)C. The van der Waals surface area contributed by atoms with Gasteiger partial charge in [-0.1, -0.05) is 26.0 Å². The smallest absolute Gasteiger partial charge is 0.333 e. The molecule has 0 spiro atoms. The third-order valence-corrected chi connectivity index (χ3v) is 2.74. The van der Waals surface area contributed by atoms with E-state index in [-0.39, 0.29) is 18.0 Å². The zero-order chi connectivity index (χ0) is 15.5. The van der Waals surface area contributed by atoms with Crippen LogP contribution in [0, 0.1) is 0 Å². The van der Waals surface area contributed by atoms with Gasteiger partial charge in [-0.05, 0) is 40.0 Å². The van der Waals surface area contributed by atoms with E-state index in [9.17, 15) is 9.59 Å². The lowest BCUT2D eigenvalue weighted by Gasteiger charge is -2.12. The van der Waals surface area contributed by atoms with Gasteiger partial charge < -0.3 is 9.47 Å². The van der Waals surface area contributed by atoms with Crippen molar-refractivity contribution >= 4 is 11.9 Å². The summed E-state index contributed by atoms with van der Waals surface area (Å²) in [5.74, 6) is -0.658. The summed E-state index contributed by atoms with van der Waals surface area (Å²) in [4.78, 5) is 22.4. The highest BCUT2D eigenvalue weighted by molar-refractivity contribution is 5.87. The molecule has 0 saturated carbocycles. The number of carbonyl (C=O) groups is 2. The van der Waals surface area contributed by atoms with Crippen LogP contribution in [0.4, 0.5) is 0 Å². The van der Waals surface area contributed by atoms with Crippen LogP contribution in [-0.2, 0) is 19.1 Å². The van der Waals surface area contributed by atoms with Gasteiger partial charge in [0.15, 0.2) is 0 Å². The number of carbonyl (C=O) groups excluding carboxylic acids is 2. The molecule has 0 aromatic heterocycles. The lowest BCUT2D eigenvalue weighted by atomic mass is 10.1. The Morgan fingerprint density at radius 1 is 0.950 bits per heavy atom. The molecule has 1 unspecified atom stereocenters. The first-order valence-corrected chi connectivity index (χ1v) is 7.03. The molecule has 0 rings (SSSR count). The van der Waals surface area contributed by atoms with Gasteiger partial charge in [0.2, 0.25) is 0 Å². The number of rotatable bonds is 10. The fourth-order valence-corrected chi connectivity index (χ4v) is 1.52. The first-order chi connectivity index (χ1) is 9.34. The van der Waals surface area contributed by atoms with Crippen LogP contribution in [-0.4, -0.2) is 24.6 Å². The average molecular weight is 282 g/mol. The van der Waals surface area contributed by atoms with Crippen molar-refractivity contribution in [2.24, 2.45) is 0 Å². The highest BCUT2D eigenvalue weighted by atomic mass is 16.5. The Morgan fingerprint density at radius 2 is 1.50 bits per heavy atom. The van der Waals surface area contributed by atoms with Crippen molar-refractivity contribution in [1.29, 1.82) is 0 Å². The molecule has 0 saturated heterocycles. The summed E-state index contributed by atoms with van der Waals surface area (Å²) >= 11 is 0. The number of ether oxygens (including phenoxy) is 2. The molecule has 0 heterocycles. The van der Waals surface area contributed by atoms with Crippen LogP contribution in [0.25, 0.3) is 0 Å². The minimum absolute atomic E-state index is 0.0829. The fraction of sp³-hybridized carbons (Fsp3) is 0.625. The predicted octanol–water partition coefficient (Wildman–Crippen LogP) is 3.56. The molecule has 0 aliphatic carbocycles. The van der Waals surface area contributed by atoms with E-state index < -0.39 is 0 Å². The van der Waals surface area contributed by atoms with Crippen molar-refractivity contribution in [3.63, 3.8) is 0 Å². The van der Waals surface area contributed by atoms with Crippen LogP contribution < -0.4 is 0 Å². The summed E-state index contributed by atoms with van der Waals surface area (Å²) in [6.45, 7) is 12.7. The molecular formula is C16H26O4. The van der Waals surface area contributed by atoms with Gasteiger partial charge in [0.1, 0.15) is 0 Å². The third-order valence-electron chi connectivity index (χ3n) is 2.74. The Labute approximate surface area is 121 Å². The molecule has 0 N–H and O–H groups in total. The molecular weight excluding hydrogens is 256 g/mol. The average Bonchev–Trinajstić information content (AvgIpc) is 2.36. The van der Waals surface area contributed by atoms with Crippen molar-refractivity contribution in [3.05, 3.63) is 24.3 Å². The van der Waals surface area contributed by atoms with Gasteiger partial charge in [-0.3, -0.25) is 0 Å². The van der Waals surface area contributed by atoms with Gasteiger partial charge >= 0.3 is 11.9 Å². The standard InChI is InChI=1S/C16H26O4/c1-12(2)15(17)19-11-9-7-6-8-10-14(5)20-16(18)13(3)4/h14H,1,3,6-11H2,2,4-5H3. The quantitative estimate of drug-likeness (QED) is 0.349. The van der Waals surface area contributed by atoms with E-state index in [1.54, 1.807) is 13.8 Å². The third kappa shape index (κ3) is 9.36. The summed E-state index contributed by atoms with van der Waals surface area (Å²) in [5, 5.41) is 0. The molecule has 114 valence electrons. The Balaban J connectivity index is 3.48. The number of hydrogen-bond donors (Lipinski definition) is 0. The number of hydrogen-bond acceptors (Lipinski definition) is 4. The van der Waals surface area contributed by atoms with Crippen LogP contribution in [0.2, 0.25) is 0 Å². The highest BCUT2D eigenvalue weighted by Crippen LogP contribution is 2.10. The largest absolute Gasteiger partial charge is 0.462 e. The summed E-state index contributed by atoms with van der Waals surface area (Å²) in [6.07, 6.45) is 4.60. The van der Waals surface area contributed by atoms with Gasteiger partial charge in [0.05, 0.1) is 12.7 Å². The first kappa shape index (κ1) is 18.4. The molecule has 0 aromatic carbocycles. The Kier molecular flexibility index (Phi) is 9.43. The first-order valence-electron chi connectivity index (χ1n) is 7.03. The second-order valence-corrected chi connectivity index (χ2v) is 5.12. The summed E-state index contributed by atoms with van der Waals surface area (Å²) in [6, 6.07) is 0. The molecule has 1 atom stereocenters. The topological polar surface area (TPSA) is 52.6 Å². The monoisotopic (exact) mass is 282 g/mol. The molecule has 0 radical (unpaired) electrons. The van der Waals surface area contributed by atoms with Gasteiger partial charge in [-0.15, -0.1) is 0 Å². The Bertz CT molecular complexity index is 357. The van der Waals surface area contributed by atoms with Crippen molar-refractivity contribution in [2.45, 2.75) is 59.0 Å². The maximum Gasteiger partial charge on any atom is 0.333 e. The Hall–Kier alpha value is -1.58. The van der Waals surface area contributed by atoms with E-state index in [4.69, 9.17) is 9.47 Å². The predicted molar refractivity (Wildman–Crippen MR) is 79.2 cm³/mol. The van der Waals surface area contributed by atoms with Crippen LogP contribution in [0.5, 0.6) is 0 Å². The maximum atomic E-state index is 11.3. The number of esters is 2. The zero-order valence-corrected chi connectivity index (χ0v) is 12.9. The molecule has 20 heavy (non-hydrogen) atoms. The summed E-state index contributed by atoms with van der Waals surface area (Å²) in [5.41, 5.74) is 0.856. The summed E-state index contributed by atoms with van der Waals surface area (Å²) < 4.78 is 10.2. The highest BCUT2D eigenvalue weighted by Gasteiger charge is 2.09. The summed E-state index contributed by atoms with van der Waals surface area (Å²) in [7, 11) is 0. The van der Waals surface area contributed by atoms with Crippen molar-refractivity contribution in [1.82, 2.24) is 0 Å². The molecule has 0 aliphatic heterocycles. The lowest BCUT2D eigenvalue weighted by molar-refractivity contribution is -0.143.